The molecule has 2 aliphatic heterocycles. The molecule has 270 valence electrons. The number of allylic oxidation sites excluding steroid dienone is 1. The smallest absolute Gasteiger partial charge is 0.408 e. The number of nitrogens with zero attached hydrogens (tertiary/aromatic N) is 2. The van der Waals surface area contributed by atoms with E-state index in [1.807, 2.05) is 18.2 Å². The van der Waals surface area contributed by atoms with Gasteiger partial charge in [-0.15, -0.1) is 0 Å². The Labute approximate surface area is 299 Å². The maximum absolute atomic E-state index is 14.4. The quantitative estimate of drug-likeness (QED) is 0.293. The minimum atomic E-state index is -1.21. The topological polar surface area (TPSA) is 155 Å². The van der Waals surface area contributed by atoms with Gasteiger partial charge in [0.2, 0.25) is 17.7 Å². The number of rotatable bonds is 7. The normalized spacial score (nSPS) is 28.0. The number of fused-ring (bicyclic) bond motifs is 3. The van der Waals surface area contributed by atoms with Crippen LogP contribution in [0, 0.1) is 5.92 Å². The number of nitrogens with one attached hydrogen (secondary N) is 2. The van der Waals surface area contributed by atoms with Crippen molar-refractivity contribution in [3.8, 4) is 17.4 Å². The molecule has 2 N–H and O–H groups in total. The van der Waals surface area contributed by atoms with Gasteiger partial charge in [0.15, 0.2) is 0 Å². The number of carbonyl (C=O) groups is 4. The molecule has 6 rings (SSSR count). The number of amides is 3. The first kappa shape index (κ1) is 35.7. The zero-order chi connectivity index (χ0) is 35.4. The van der Waals surface area contributed by atoms with Gasteiger partial charge in [-0.3, -0.25) is 9.59 Å². The highest BCUT2D eigenvalue weighted by molar-refractivity contribution is 9.10. The molecule has 0 bridgehead atoms. The highest BCUT2D eigenvalue weighted by Crippen LogP contribution is 2.46. The van der Waals surface area contributed by atoms with E-state index in [-0.39, 0.29) is 25.0 Å². The predicted molar refractivity (Wildman–Crippen MR) is 186 cm³/mol. The first-order valence-electron chi connectivity index (χ1n) is 17.4. The van der Waals surface area contributed by atoms with Gasteiger partial charge in [0.25, 0.3) is 0 Å². The van der Waals surface area contributed by atoms with Gasteiger partial charge in [0, 0.05) is 23.8 Å². The van der Waals surface area contributed by atoms with Crippen LogP contribution in [0.3, 0.4) is 0 Å². The van der Waals surface area contributed by atoms with Gasteiger partial charge >= 0.3 is 12.1 Å². The predicted octanol–water partition coefficient (Wildman–Crippen LogP) is 4.97. The molecule has 0 unspecified atom stereocenters. The number of hydrogen-bond acceptors (Lipinski definition) is 10. The summed E-state index contributed by atoms with van der Waals surface area (Å²) < 4.78 is 28.9. The Bertz CT molecular complexity index is 1650. The molecule has 3 fully saturated rings. The number of benzene rings is 1. The van der Waals surface area contributed by atoms with E-state index < -0.39 is 47.6 Å². The molecular weight excluding hydrogens is 712 g/mol. The Balaban J connectivity index is 1.31. The fourth-order valence-electron chi connectivity index (χ4n) is 7.38. The lowest BCUT2D eigenvalue weighted by molar-refractivity contribution is -0.148. The van der Waals surface area contributed by atoms with Crippen molar-refractivity contribution >= 4 is 50.7 Å². The zero-order valence-electron chi connectivity index (χ0n) is 28.7. The van der Waals surface area contributed by atoms with Crippen LogP contribution in [0.5, 0.6) is 17.4 Å². The number of hydrogen-bond donors (Lipinski definition) is 2. The third-order valence-electron chi connectivity index (χ3n) is 10.2. The average molecular weight is 758 g/mol. The second-order valence-corrected chi connectivity index (χ2v) is 14.3. The molecule has 5 atom stereocenters. The van der Waals surface area contributed by atoms with Crippen LogP contribution in [0.15, 0.2) is 34.8 Å². The molecule has 2 aliphatic carbocycles. The van der Waals surface area contributed by atoms with Crippen molar-refractivity contribution in [1.82, 2.24) is 20.5 Å². The zero-order valence-corrected chi connectivity index (χ0v) is 30.3. The lowest BCUT2D eigenvalue weighted by Crippen LogP contribution is -2.56. The number of halogens is 1. The van der Waals surface area contributed by atoms with Crippen molar-refractivity contribution in [2.45, 2.75) is 100 Å². The number of aromatic nitrogens is 1. The number of esters is 1. The molecule has 0 radical (unpaired) electrons. The lowest BCUT2D eigenvalue weighted by Gasteiger charge is -2.29. The second kappa shape index (κ2) is 15.4. The Hall–Kier alpha value is -4.07. The van der Waals surface area contributed by atoms with Gasteiger partial charge in [0.1, 0.15) is 41.3 Å². The van der Waals surface area contributed by atoms with Gasteiger partial charge in [-0.05, 0) is 79.4 Å². The summed E-state index contributed by atoms with van der Waals surface area (Å²) in [6, 6.07) is 3.38. The van der Waals surface area contributed by atoms with E-state index in [2.05, 4.69) is 31.5 Å². The molecule has 3 heterocycles. The third-order valence-corrected chi connectivity index (χ3v) is 11.0. The van der Waals surface area contributed by atoms with Gasteiger partial charge in [0.05, 0.1) is 37.9 Å². The van der Waals surface area contributed by atoms with E-state index in [9.17, 15) is 19.2 Å². The number of pyridine rings is 1. The van der Waals surface area contributed by atoms with E-state index in [4.69, 9.17) is 23.7 Å². The minimum Gasteiger partial charge on any atom is -0.495 e. The number of methoxy groups -OCH3 is 3. The van der Waals surface area contributed by atoms with E-state index in [0.29, 0.717) is 52.0 Å². The Kier molecular flexibility index (Phi) is 11.0. The van der Waals surface area contributed by atoms with Crippen LogP contribution >= 0.6 is 15.9 Å². The van der Waals surface area contributed by atoms with Gasteiger partial charge in [-0.1, -0.05) is 25.0 Å². The first-order chi connectivity index (χ1) is 24.2. The summed E-state index contributed by atoms with van der Waals surface area (Å²) in [4.78, 5) is 60.7. The third kappa shape index (κ3) is 7.50. The fourth-order valence-corrected chi connectivity index (χ4v) is 7.97. The molecule has 13 nitrogen and oxygen atoms in total. The molecule has 4 aliphatic rings. The van der Waals surface area contributed by atoms with Crippen LogP contribution in [0.25, 0.3) is 10.9 Å². The minimum absolute atomic E-state index is 0.0603. The monoisotopic (exact) mass is 756 g/mol. The largest absolute Gasteiger partial charge is 0.495 e. The summed E-state index contributed by atoms with van der Waals surface area (Å²) in [5, 5.41) is 6.46. The highest BCUT2D eigenvalue weighted by atomic mass is 79.9. The number of ether oxygens (including phenoxy) is 5. The summed E-state index contributed by atoms with van der Waals surface area (Å²) in [6.45, 7) is 0.0603. The van der Waals surface area contributed by atoms with Crippen LogP contribution in [0.2, 0.25) is 0 Å². The van der Waals surface area contributed by atoms with Crippen molar-refractivity contribution in [1.29, 1.82) is 0 Å². The molecule has 1 aromatic heterocycles. The summed E-state index contributed by atoms with van der Waals surface area (Å²) in [6.07, 6.45) is 10.3. The SMILES string of the molecule is COC(=O)[C@@]12C[C@H]1/C=C\CCCCC[C@H](NC(=O)OC1CCCC1)C(=O)N1C[C@H](Oc3cc(OC)nc4c(Br)c(OC)ccc34)C[C@H]1C(=O)N2. The van der Waals surface area contributed by atoms with Gasteiger partial charge < -0.3 is 39.2 Å². The fraction of sp³-hybridized carbons (Fsp3) is 0.583. The highest BCUT2D eigenvalue weighted by Gasteiger charge is 2.62. The summed E-state index contributed by atoms with van der Waals surface area (Å²) in [5.74, 6) is -0.304. The molecule has 50 heavy (non-hydrogen) atoms. The van der Waals surface area contributed by atoms with Crippen molar-refractivity contribution in [3.05, 3.63) is 34.8 Å². The average Bonchev–Trinajstić information content (AvgIpc) is 3.39. The standard InChI is InChI=1S/C36H45BrN4O9/c1-46-27-16-15-24-28(18-29(47-2)39-31(24)30(27)37)49-23-17-26-32(42)40-36(34(44)48-3)19-21(36)11-7-5-4-6-8-14-25(33(43)41(26)20-23)38-35(45)50-22-12-9-10-13-22/h7,11,15-16,18,21-23,25-26H,4-6,8-10,12-14,17,19-20H2,1-3H3,(H,38,45)(H,40,42)/b11-7-/t21-,23-,25+,26+,36-/m1/s1. The second-order valence-electron chi connectivity index (χ2n) is 13.5. The van der Waals surface area contributed by atoms with Crippen molar-refractivity contribution in [2.75, 3.05) is 27.9 Å². The molecule has 1 aromatic carbocycles. The molecule has 2 saturated carbocycles. The summed E-state index contributed by atoms with van der Waals surface area (Å²) >= 11 is 3.57. The Morgan fingerprint density at radius 1 is 1.00 bits per heavy atom. The van der Waals surface area contributed by atoms with E-state index in [1.165, 1.54) is 19.1 Å². The van der Waals surface area contributed by atoms with Crippen LogP contribution in [0.1, 0.15) is 70.6 Å². The molecule has 1 saturated heterocycles. The molecule has 2 aromatic rings. The summed E-state index contributed by atoms with van der Waals surface area (Å²) in [5.41, 5.74) is -0.655. The number of carbonyl (C=O) groups excluding carboxylic acids is 4. The van der Waals surface area contributed by atoms with E-state index >= 15 is 0 Å². The van der Waals surface area contributed by atoms with Crippen LogP contribution < -0.4 is 24.8 Å². The van der Waals surface area contributed by atoms with Gasteiger partial charge in [-0.2, -0.15) is 0 Å². The molecule has 3 amide bonds. The summed E-state index contributed by atoms with van der Waals surface area (Å²) in [7, 11) is 4.37. The van der Waals surface area contributed by atoms with E-state index in [0.717, 1.165) is 44.9 Å². The van der Waals surface area contributed by atoms with Crippen molar-refractivity contribution < 1.29 is 42.9 Å². The van der Waals surface area contributed by atoms with Crippen molar-refractivity contribution in [2.24, 2.45) is 5.92 Å². The number of alkyl carbamates (subject to hydrolysis) is 1. The molecule has 14 heteroatoms. The van der Waals surface area contributed by atoms with Gasteiger partial charge in [-0.25, -0.2) is 14.6 Å². The molecular formula is C36H45BrN4O9. The van der Waals surface area contributed by atoms with Crippen LogP contribution in [-0.2, 0) is 23.9 Å². The van der Waals surface area contributed by atoms with E-state index in [1.54, 1.807) is 19.2 Å². The maximum atomic E-state index is 14.4. The first-order valence-corrected chi connectivity index (χ1v) is 18.2. The maximum Gasteiger partial charge on any atom is 0.408 e. The lowest BCUT2D eigenvalue weighted by atomic mass is 10.0. The Morgan fingerprint density at radius 3 is 2.52 bits per heavy atom. The van der Waals surface area contributed by atoms with Crippen LogP contribution in [0.4, 0.5) is 4.79 Å². The Morgan fingerprint density at radius 2 is 1.78 bits per heavy atom. The molecule has 0 spiro atoms. The van der Waals surface area contributed by atoms with Crippen molar-refractivity contribution in [3.63, 3.8) is 0 Å². The van der Waals surface area contributed by atoms with Crippen LogP contribution in [-0.4, -0.2) is 91.5 Å².